The first-order valence-electron chi connectivity index (χ1n) is 5.14. The van der Waals surface area contributed by atoms with Crippen LogP contribution in [0.1, 0.15) is 28.8 Å². The van der Waals surface area contributed by atoms with E-state index in [0.717, 1.165) is 18.9 Å². The molecule has 0 saturated heterocycles. The van der Waals surface area contributed by atoms with Crippen LogP contribution in [0.2, 0.25) is 0 Å². The van der Waals surface area contributed by atoms with E-state index in [-0.39, 0.29) is 23.0 Å². The maximum atomic E-state index is 13.4. The van der Waals surface area contributed by atoms with Crippen LogP contribution in [0, 0.1) is 17.1 Å². The number of rotatable bonds is 3. The van der Waals surface area contributed by atoms with Gasteiger partial charge in [-0.05, 0) is 18.9 Å². The number of benzene rings is 1. The topological polar surface area (TPSA) is 59.3 Å². The van der Waals surface area contributed by atoms with Crippen LogP contribution in [0.3, 0.4) is 0 Å². The van der Waals surface area contributed by atoms with Gasteiger partial charge >= 0.3 is 5.97 Å². The molecule has 1 aromatic carbocycles. The minimum absolute atomic E-state index is 0.0101. The lowest BCUT2D eigenvalue weighted by Gasteiger charge is -2.10. The number of esters is 1. The maximum absolute atomic E-state index is 13.4. The molecule has 0 spiro atoms. The van der Waals surface area contributed by atoms with Crippen molar-refractivity contribution in [1.82, 2.24) is 0 Å². The average Bonchev–Trinajstić information content (AvgIpc) is 3.13. The summed E-state index contributed by atoms with van der Waals surface area (Å²) in [4.78, 5) is 11.4. The molecule has 0 radical (unpaired) electrons. The zero-order valence-electron chi connectivity index (χ0n) is 9.20. The molecule has 1 saturated carbocycles. The van der Waals surface area contributed by atoms with Crippen molar-refractivity contribution in [1.29, 1.82) is 5.26 Å². The second kappa shape index (κ2) is 4.42. The summed E-state index contributed by atoms with van der Waals surface area (Å²) in [5, 5.41) is 8.72. The second-order valence-electron chi connectivity index (χ2n) is 3.75. The van der Waals surface area contributed by atoms with Crippen molar-refractivity contribution in [2.45, 2.75) is 18.9 Å². The Kier molecular flexibility index (Phi) is 2.96. The number of carbonyl (C=O) groups is 1. The smallest absolute Gasteiger partial charge is 0.341 e. The number of hydrogen-bond acceptors (Lipinski definition) is 4. The molecule has 17 heavy (non-hydrogen) atoms. The zero-order valence-corrected chi connectivity index (χ0v) is 9.20. The molecule has 2 rings (SSSR count). The van der Waals surface area contributed by atoms with Crippen molar-refractivity contribution in [2.24, 2.45) is 0 Å². The minimum Gasteiger partial charge on any atom is -0.489 e. The van der Waals surface area contributed by atoms with Crippen LogP contribution >= 0.6 is 0 Å². The summed E-state index contributed by atoms with van der Waals surface area (Å²) in [6.07, 6.45) is 1.86. The Morgan fingerprint density at radius 1 is 1.53 bits per heavy atom. The van der Waals surface area contributed by atoms with Crippen LogP contribution in [-0.4, -0.2) is 19.2 Å². The highest BCUT2D eigenvalue weighted by Crippen LogP contribution is 2.31. The van der Waals surface area contributed by atoms with Crippen molar-refractivity contribution in [3.8, 4) is 11.8 Å². The monoisotopic (exact) mass is 235 g/mol. The first-order chi connectivity index (χ1) is 8.15. The van der Waals surface area contributed by atoms with Crippen LogP contribution in [0.4, 0.5) is 4.39 Å². The number of carbonyl (C=O) groups excluding carboxylic acids is 1. The Morgan fingerprint density at radius 2 is 2.24 bits per heavy atom. The van der Waals surface area contributed by atoms with E-state index in [1.165, 1.54) is 13.2 Å². The first-order valence-corrected chi connectivity index (χ1v) is 5.14. The van der Waals surface area contributed by atoms with E-state index in [4.69, 9.17) is 10.00 Å². The highest BCUT2D eigenvalue weighted by molar-refractivity contribution is 5.92. The molecule has 4 nitrogen and oxygen atoms in total. The minimum atomic E-state index is -0.754. The number of nitriles is 1. The van der Waals surface area contributed by atoms with Crippen molar-refractivity contribution in [2.75, 3.05) is 7.11 Å². The Labute approximate surface area is 97.6 Å². The highest BCUT2D eigenvalue weighted by Gasteiger charge is 2.27. The fourth-order valence-electron chi connectivity index (χ4n) is 1.37. The van der Waals surface area contributed by atoms with Crippen LogP contribution < -0.4 is 4.74 Å². The number of hydrogen-bond donors (Lipinski definition) is 0. The van der Waals surface area contributed by atoms with Crippen LogP contribution in [0.25, 0.3) is 0 Å². The van der Waals surface area contributed by atoms with E-state index < -0.39 is 11.8 Å². The Hall–Kier alpha value is -2.09. The number of ether oxygens (including phenoxy) is 2. The van der Waals surface area contributed by atoms with Gasteiger partial charge in [0.1, 0.15) is 23.2 Å². The van der Waals surface area contributed by atoms with Crippen LogP contribution in [0.15, 0.2) is 12.1 Å². The predicted octanol–water partition coefficient (Wildman–Crippen LogP) is 2.03. The SMILES string of the molecule is COC(=O)c1cc(F)c(C#N)cc1OC1CC1. The lowest BCUT2D eigenvalue weighted by Crippen LogP contribution is -2.08. The van der Waals surface area contributed by atoms with Gasteiger partial charge in [0.25, 0.3) is 0 Å². The summed E-state index contributed by atoms with van der Waals surface area (Å²) in [5.74, 6) is -1.22. The predicted molar refractivity (Wildman–Crippen MR) is 56.1 cm³/mol. The van der Waals surface area contributed by atoms with Crippen molar-refractivity contribution in [3.63, 3.8) is 0 Å². The van der Waals surface area contributed by atoms with E-state index in [1.807, 2.05) is 0 Å². The van der Waals surface area contributed by atoms with Gasteiger partial charge in [-0.1, -0.05) is 0 Å². The third kappa shape index (κ3) is 2.36. The molecule has 5 heteroatoms. The molecule has 0 bridgehead atoms. The zero-order chi connectivity index (χ0) is 12.4. The van der Waals surface area contributed by atoms with E-state index in [2.05, 4.69) is 4.74 Å². The van der Waals surface area contributed by atoms with Crippen LogP contribution in [-0.2, 0) is 4.74 Å². The molecular weight excluding hydrogens is 225 g/mol. The van der Waals surface area contributed by atoms with Gasteiger partial charge in [0, 0.05) is 6.07 Å². The molecule has 0 amide bonds. The van der Waals surface area contributed by atoms with Crippen molar-refractivity contribution in [3.05, 3.63) is 29.1 Å². The van der Waals surface area contributed by atoms with Gasteiger partial charge < -0.3 is 9.47 Å². The Bertz CT molecular complexity index is 503. The van der Waals surface area contributed by atoms with Crippen LogP contribution in [0.5, 0.6) is 5.75 Å². The number of nitrogens with zero attached hydrogens (tertiary/aromatic N) is 1. The summed E-state index contributed by atoms with van der Waals surface area (Å²) < 4.78 is 23.4. The van der Waals surface area contributed by atoms with Gasteiger partial charge in [-0.25, -0.2) is 9.18 Å². The lowest BCUT2D eigenvalue weighted by molar-refractivity contribution is 0.0595. The van der Waals surface area contributed by atoms with E-state index in [0.29, 0.717) is 0 Å². The molecule has 0 aliphatic heterocycles. The summed E-state index contributed by atoms with van der Waals surface area (Å²) in [5.41, 5.74) is -0.135. The quantitative estimate of drug-likeness (QED) is 0.752. The molecular formula is C12H10FNO3. The first kappa shape index (κ1) is 11.4. The molecule has 0 unspecified atom stereocenters. The fraction of sp³-hybridized carbons (Fsp3) is 0.333. The number of methoxy groups -OCH3 is 1. The molecule has 0 atom stereocenters. The van der Waals surface area contributed by atoms with Gasteiger partial charge in [0.2, 0.25) is 0 Å². The van der Waals surface area contributed by atoms with Gasteiger partial charge in [-0.2, -0.15) is 5.26 Å². The summed E-state index contributed by atoms with van der Waals surface area (Å²) in [6.45, 7) is 0. The molecule has 0 N–H and O–H groups in total. The standard InChI is InChI=1S/C12H10FNO3/c1-16-12(15)9-5-10(13)7(6-14)4-11(9)17-8-2-3-8/h4-5,8H,2-3H2,1H3. The van der Waals surface area contributed by atoms with Gasteiger partial charge in [0.05, 0.1) is 18.8 Å². The molecule has 0 heterocycles. The van der Waals surface area contributed by atoms with Gasteiger partial charge in [-0.3, -0.25) is 0 Å². The molecule has 1 aliphatic carbocycles. The molecule has 1 aliphatic rings. The van der Waals surface area contributed by atoms with E-state index in [1.54, 1.807) is 6.07 Å². The second-order valence-corrected chi connectivity index (χ2v) is 3.75. The van der Waals surface area contributed by atoms with Crippen molar-refractivity contribution < 1.29 is 18.7 Å². The number of halogens is 1. The third-order valence-electron chi connectivity index (χ3n) is 2.41. The van der Waals surface area contributed by atoms with Crippen molar-refractivity contribution >= 4 is 5.97 Å². The maximum Gasteiger partial charge on any atom is 0.341 e. The summed E-state index contributed by atoms with van der Waals surface area (Å²) >= 11 is 0. The molecule has 0 aromatic heterocycles. The highest BCUT2D eigenvalue weighted by atomic mass is 19.1. The lowest BCUT2D eigenvalue weighted by atomic mass is 10.1. The van der Waals surface area contributed by atoms with E-state index >= 15 is 0 Å². The third-order valence-corrected chi connectivity index (χ3v) is 2.41. The summed E-state index contributed by atoms with van der Waals surface area (Å²) in [7, 11) is 1.21. The van der Waals surface area contributed by atoms with Gasteiger partial charge in [0.15, 0.2) is 0 Å². The normalized spacial score (nSPS) is 13.9. The fourth-order valence-corrected chi connectivity index (χ4v) is 1.37. The largest absolute Gasteiger partial charge is 0.489 e. The van der Waals surface area contributed by atoms with Gasteiger partial charge in [-0.15, -0.1) is 0 Å². The molecule has 1 fully saturated rings. The molecule has 1 aromatic rings. The Morgan fingerprint density at radius 3 is 2.76 bits per heavy atom. The molecule has 88 valence electrons. The Balaban J connectivity index is 2.43. The van der Waals surface area contributed by atoms with E-state index in [9.17, 15) is 9.18 Å². The summed E-state index contributed by atoms with van der Waals surface area (Å²) in [6, 6.07) is 3.92. The average molecular weight is 235 g/mol.